The van der Waals surface area contributed by atoms with Gasteiger partial charge in [0, 0.05) is 29.2 Å². The van der Waals surface area contributed by atoms with Gasteiger partial charge in [-0.1, -0.05) is 24.3 Å². The van der Waals surface area contributed by atoms with Crippen LogP contribution in [0.5, 0.6) is 0 Å². The van der Waals surface area contributed by atoms with E-state index < -0.39 is 17.8 Å². The number of aryl methyl sites for hydroxylation is 1. The molecule has 0 unspecified atom stereocenters. The first kappa shape index (κ1) is 17.7. The molecule has 0 aliphatic rings. The molecular formula is C19H16F3N3O. The van der Waals surface area contributed by atoms with Gasteiger partial charge in [0.2, 0.25) is 0 Å². The number of pyridine rings is 1. The minimum absolute atomic E-state index is 0.0128. The molecule has 7 heteroatoms. The number of halogens is 3. The van der Waals surface area contributed by atoms with Crippen molar-refractivity contribution < 1.29 is 18.0 Å². The molecule has 26 heavy (non-hydrogen) atoms. The van der Waals surface area contributed by atoms with E-state index in [0.717, 1.165) is 28.6 Å². The summed E-state index contributed by atoms with van der Waals surface area (Å²) in [5, 5.41) is 7.02. The summed E-state index contributed by atoms with van der Waals surface area (Å²) in [5.74, 6) is 0. The van der Waals surface area contributed by atoms with E-state index in [1.54, 1.807) is 18.3 Å². The number of hydrogen-bond acceptors (Lipinski definition) is 2. The molecule has 1 heterocycles. The average molecular weight is 359 g/mol. The molecule has 0 spiro atoms. The van der Waals surface area contributed by atoms with Gasteiger partial charge in [0.1, 0.15) is 0 Å². The number of carbonyl (C=O) groups is 1. The molecule has 0 bridgehead atoms. The van der Waals surface area contributed by atoms with Crippen molar-refractivity contribution in [3.63, 3.8) is 0 Å². The summed E-state index contributed by atoms with van der Waals surface area (Å²) in [6.07, 6.45) is -2.69. The second kappa shape index (κ2) is 7.03. The molecule has 3 rings (SSSR count). The van der Waals surface area contributed by atoms with Gasteiger partial charge in [0.05, 0.1) is 11.3 Å². The first-order valence-corrected chi connectivity index (χ1v) is 7.89. The first-order chi connectivity index (χ1) is 12.3. The fourth-order valence-corrected chi connectivity index (χ4v) is 2.59. The van der Waals surface area contributed by atoms with E-state index in [1.165, 1.54) is 12.1 Å². The van der Waals surface area contributed by atoms with Gasteiger partial charge in [-0.2, -0.15) is 13.2 Å². The van der Waals surface area contributed by atoms with Crippen LogP contribution in [0.3, 0.4) is 0 Å². The Kier molecular flexibility index (Phi) is 4.79. The van der Waals surface area contributed by atoms with Gasteiger partial charge in [-0.15, -0.1) is 0 Å². The number of fused-ring (bicyclic) bond motifs is 1. The fourth-order valence-electron chi connectivity index (χ4n) is 2.59. The molecule has 2 N–H and O–H groups in total. The fraction of sp³-hybridized carbons (Fsp3) is 0.158. The molecule has 0 aliphatic heterocycles. The van der Waals surface area contributed by atoms with Crippen molar-refractivity contribution in [2.75, 3.05) is 5.32 Å². The van der Waals surface area contributed by atoms with E-state index >= 15 is 0 Å². The third kappa shape index (κ3) is 4.11. The Hall–Kier alpha value is -3.09. The number of aromatic nitrogens is 1. The monoisotopic (exact) mass is 359 g/mol. The number of nitrogens with one attached hydrogen (secondary N) is 2. The number of anilines is 1. The quantitative estimate of drug-likeness (QED) is 0.700. The Labute approximate surface area is 148 Å². The minimum Gasteiger partial charge on any atom is -0.334 e. The van der Waals surface area contributed by atoms with E-state index in [0.29, 0.717) is 11.3 Å². The Balaban J connectivity index is 1.70. The zero-order valence-electron chi connectivity index (χ0n) is 13.9. The van der Waals surface area contributed by atoms with Crippen LogP contribution in [-0.2, 0) is 12.7 Å². The minimum atomic E-state index is -4.41. The van der Waals surface area contributed by atoms with E-state index in [2.05, 4.69) is 15.6 Å². The lowest BCUT2D eigenvalue weighted by Crippen LogP contribution is -2.28. The summed E-state index contributed by atoms with van der Waals surface area (Å²) in [6, 6.07) is 11.7. The van der Waals surface area contributed by atoms with Gasteiger partial charge >= 0.3 is 12.2 Å². The predicted octanol–water partition coefficient (Wildman–Crippen LogP) is 4.88. The highest BCUT2D eigenvalue weighted by molar-refractivity contribution is 6.01. The molecule has 4 nitrogen and oxygen atoms in total. The van der Waals surface area contributed by atoms with Crippen LogP contribution in [0, 0.1) is 6.92 Å². The van der Waals surface area contributed by atoms with Crippen LogP contribution in [0.1, 0.15) is 16.8 Å². The average Bonchev–Trinajstić information content (AvgIpc) is 2.60. The van der Waals surface area contributed by atoms with Gasteiger partial charge in [-0.3, -0.25) is 4.98 Å². The van der Waals surface area contributed by atoms with Crippen LogP contribution in [-0.4, -0.2) is 11.0 Å². The SMILES string of the molecule is Cc1cc2c(NC(=O)NCc3cccc(C(F)(F)F)c3)cccc2cn1. The number of carbonyl (C=O) groups excluding carboxylic acids is 1. The lowest BCUT2D eigenvalue weighted by Gasteiger charge is -2.12. The molecule has 0 fully saturated rings. The highest BCUT2D eigenvalue weighted by Crippen LogP contribution is 2.29. The Bertz CT molecular complexity index is 954. The molecule has 3 aromatic rings. The maximum Gasteiger partial charge on any atom is 0.416 e. The molecule has 0 saturated heterocycles. The molecule has 0 atom stereocenters. The van der Waals surface area contributed by atoms with E-state index in [1.807, 2.05) is 19.1 Å². The maximum absolute atomic E-state index is 12.7. The summed E-state index contributed by atoms with van der Waals surface area (Å²) < 4.78 is 38.2. The topological polar surface area (TPSA) is 54.0 Å². The van der Waals surface area contributed by atoms with Crippen molar-refractivity contribution in [3.05, 3.63) is 71.5 Å². The normalized spacial score (nSPS) is 11.4. The van der Waals surface area contributed by atoms with Crippen LogP contribution in [0.4, 0.5) is 23.7 Å². The van der Waals surface area contributed by atoms with Gasteiger partial charge in [0.25, 0.3) is 0 Å². The molecule has 1 aromatic heterocycles. The molecule has 0 aliphatic carbocycles. The summed E-state index contributed by atoms with van der Waals surface area (Å²) >= 11 is 0. The molecule has 0 radical (unpaired) electrons. The Morgan fingerprint density at radius 2 is 1.88 bits per heavy atom. The number of nitrogens with zero attached hydrogens (tertiary/aromatic N) is 1. The number of rotatable bonds is 3. The van der Waals surface area contributed by atoms with Gasteiger partial charge in [0.15, 0.2) is 0 Å². The van der Waals surface area contributed by atoms with Gasteiger partial charge in [-0.05, 0) is 36.8 Å². The highest BCUT2D eigenvalue weighted by Gasteiger charge is 2.30. The van der Waals surface area contributed by atoms with Crippen molar-refractivity contribution >= 4 is 22.5 Å². The number of benzene rings is 2. The summed E-state index contributed by atoms with van der Waals surface area (Å²) in [5.41, 5.74) is 1.05. The van der Waals surface area contributed by atoms with Crippen molar-refractivity contribution in [1.29, 1.82) is 0 Å². The zero-order chi connectivity index (χ0) is 18.7. The summed E-state index contributed by atoms with van der Waals surface area (Å²) in [4.78, 5) is 16.3. The third-order valence-corrected chi connectivity index (χ3v) is 3.86. The van der Waals surface area contributed by atoms with Gasteiger partial charge in [-0.25, -0.2) is 4.79 Å². The van der Waals surface area contributed by atoms with Crippen LogP contribution in [0.25, 0.3) is 10.8 Å². The lowest BCUT2D eigenvalue weighted by molar-refractivity contribution is -0.137. The van der Waals surface area contributed by atoms with Crippen molar-refractivity contribution in [2.45, 2.75) is 19.6 Å². The van der Waals surface area contributed by atoms with Crippen LogP contribution >= 0.6 is 0 Å². The van der Waals surface area contributed by atoms with Crippen LogP contribution in [0.15, 0.2) is 54.7 Å². The molecular weight excluding hydrogens is 343 g/mol. The second-order valence-electron chi connectivity index (χ2n) is 5.86. The van der Waals surface area contributed by atoms with Crippen molar-refractivity contribution in [3.8, 4) is 0 Å². The van der Waals surface area contributed by atoms with Crippen LogP contribution < -0.4 is 10.6 Å². The van der Waals surface area contributed by atoms with E-state index in [9.17, 15) is 18.0 Å². The Morgan fingerprint density at radius 1 is 1.12 bits per heavy atom. The zero-order valence-corrected chi connectivity index (χ0v) is 13.9. The molecule has 134 valence electrons. The summed E-state index contributed by atoms with van der Waals surface area (Å²) in [6.45, 7) is 1.84. The number of alkyl halides is 3. The standard InChI is InChI=1S/C19H16F3N3O/c1-12-8-16-14(11-23-12)5-3-7-17(16)25-18(26)24-10-13-4-2-6-15(9-13)19(20,21)22/h2-9,11H,10H2,1H3,(H2,24,25,26). The van der Waals surface area contributed by atoms with Crippen molar-refractivity contribution in [1.82, 2.24) is 10.3 Å². The van der Waals surface area contributed by atoms with E-state index in [-0.39, 0.29) is 6.54 Å². The highest BCUT2D eigenvalue weighted by atomic mass is 19.4. The number of hydrogen-bond donors (Lipinski definition) is 2. The largest absolute Gasteiger partial charge is 0.416 e. The van der Waals surface area contributed by atoms with E-state index in [4.69, 9.17) is 0 Å². The predicted molar refractivity (Wildman–Crippen MR) is 93.8 cm³/mol. The lowest BCUT2D eigenvalue weighted by atomic mass is 10.1. The van der Waals surface area contributed by atoms with Crippen LogP contribution in [0.2, 0.25) is 0 Å². The molecule has 2 aromatic carbocycles. The molecule has 0 saturated carbocycles. The summed E-state index contributed by atoms with van der Waals surface area (Å²) in [7, 11) is 0. The number of amides is 2. The van der Waals surface area contributed by atoms with Gasteiger partial charge < -0.3 is 10.6 Å². The van der Waals surface area contributed by atoms with Crippen molar-refractivity contribution in [2.24, 2.45) is 0 Å². The molecule has 2 amide bonds. The second-order valence-corrected chi connectivity index (χ2v) is 5.86. The first-order valence-electron chi connectivity index (χ1n) is 7.89. The maximum atomic E-state index is 12.7. The third-order valence-electron chi connectivity index (χ3n) is 3.86. The Morgan fingerprint density at radius 3 is 2.65 bits per heavy atom. The number of urea groups is 1. The smallest absolute Gasteiger partial charge is 0.334 e.